The van der Waals surface area contributed by atoms with E-state index >= 15 is 0 Å². The Balaban J connectivity index is 1.72. The van der Waals surface area contributed by atoms with Crippen molar-refractivity contribution in [2.45, 2.75) is 32.4 Å². The first-order valence-electron chi connectivity index (χ1n) is 6.38. The Morgan fingerprint density at radius 3 is 2.53 bits per heavy atom. The van der Waals surface area contributed by atoms with Crippen molar-refractivity contribution >= 4 is 6.09 Å². The molecule has 1 amide bonds. The predicted molar refractivity (Wildman–Crippen MR) is 66.0 cm³/mol. The Hall–Kier alpha value is -0.810. The topological polar surface area (TPSA) is 53.6 Å². The van der Waals surface area contributed by atoms with Crippen molar-refractivity contribution in [3.63, 3.8) is 0 Å². The summed E-state index contributed by atoms with van der Waals surface area (Å²) in [5.74, 6) is 0.565. The molecule has 2 aliphatic rings. The number of amides is 1. The van der Waals surface area contributed by atoms with Crippen LogP contribution >= 0.6 is 0 Å². The Labute approximate surface area is 103 Å². The Morgan fingerprint density at radius 1 is 1.29 bits per heavy atom. The van der Waals surface area contributed by atoms with E-state index in [1.165, 1.54) is 0 Å². The first kappa shape index (κ1) is 12.6. The molecule has 2 aliphatic heterocycles. The van der Waals surface area contributed by atoms with Crippen LogP contribution in [0.1, 0.15) is 20.8 Å². The summed E-state index contributed by atoms with van der Waals surface area (Å²) in [4.78, 5) is 13.5. The second-order valence-electron chi connectivity index (χ2n) is 5.91. The number of carbonyl (C=O) groups excluding carboxylic acids is 1. The molecule has 2 N–H and O–H groups in total. The van der Waals surface area contributed by atoms with Crippen LogP contribution in [0, 0.1) is 5.92 Å². The van der Waals surface area contributed by atoms with E-state index in [9.17, 15) is 4.79 Å². The van der Waals surface area contributed by atoms with Gasteiger partial charge in [-0.2, -0.15) is 0 Å². The molecular formula is C12H23N3O2. The van der Waals surface area contributed by atoms with Crippen molar-refractivity contribution < 1.29 is 9.53 Å². The average Bonchev–Trinajstić information content (AvgIpc) is 2.14. The zero-order valence-corrected chi connectivity index (χ0v) is 11.0. The number of rotatable bonds is 1. The Morgan fingerprint density at radius 2 is 2.00 bits per heavy atom. The lowest BCUT2D eigenvalue weighted by Crippen LogP contribution is -2.62. The van der Waals surface area contributed by atoms with Gasteiger partial charge in [0, 0.05) is 44.7 Å². The molecule has 1 unspecified atom stereocenters. The van der Waals surface area contributed by atoms with Gasteiger partial charge in [0.15, 0.2) is 0 Å². The number of piperazine rings is 1. The maximum Gasteiger partial charge on any atom is 0.410 e. The number of nitrogens with one attached hydrogen (secondary N) is 2. The number of hydrogen-bond donors (Lipinski definition) is 2. The lowest BCUT2D eigenvalue weighted by atomic mass is 9.91. The van der Waals surface area contributed by atoms with Gasteiger partial charge >= 0.3 is 6.09 Å². The molecule has 0 aromatic rings. The van der Waals surface area contributed by atoms with Crippen molar-refractivity contribution in [3.05, 3.63) is 0 Å². The smallest absolute Gasteiger partial charge is 0.410 e. The largest absolute Gasteiger partial charge is 0.444 e. The summed E-state index contributed by atoms with van der Waals surface area (Å²) in [7, 11) is 0. The molecule has 0 aromatic heterocycles. The van der Waals surface area contributed by atoms with Crippen molar-refractivity contribution in [3.8, 4) is 0 Å². The normalized spacial score (nSPS) is 26.5. The van der Waals surface area contributed by atoms with Gasteiger partial charge in [0.1, 0.15) is 5.60 Å². The van der Waals surface area contributed by atoms with Gasteiger partial charge in [0.25, 0.3) is 0 Å². The summed E-state index contributed by atoms with van der Waals surface area (Å²) in [6, 6.07) is 0.502. The van der Waals surface area contributed by atoms with Gasteiger partial charge in [0.2, 0.25) is 0 Å². The minimum Gasteiger partial charge on any atom is -0.444 e. The van der Waals surface area contributed by atoms with Gasteiger partial charge in [0.05, 0.1) is 0 Å². The van der Waals surface area contributed by atoms with E-state index in [1.54, 1.807) is 4.90 Å². The maximum absolute atomic E-state index is 11.7. The highest BCUT2D eigenvalue weighted by atomic mass is 16.6. The summed E-state index contributed by atoms with van der Waals surface area (Å²) < 4.78 is 5.33. The Kier molecular flexibility index (Phi) is 3.58. The molecule has 5 heteroatoms. The summed E-state index contributed by atoms with van der Waals surface area (Å²) >= 11 is 0. The summed E-state index contributed by atoms with van der Waals surface area (Å²) in [5.41, 5.74) is -0.396. The van der Waals surface area contributed by atoms with E-state index in [1.807, 2.05) is 20.8 Å². The van der Waals surface area contributed by atoms with Crippen LogP contribution in [-0.4, -0.2) is 55.4 Å². The Bertz CT molecular complexity index is 276. The molecule has 2 saturated heterocycles. The van der Waals surface area contributed by atoms with Gasteiger partial charge in [-0.05, 0) is 20.8 Å². The van der Waals surface area contributed by atoms with Crippen LogP contribution < -0.4 is 10.6 Å². The van der Waals surface area contributed by atoms with Gasteiger partial charge in [-0.15, -0.1) is 0 Å². The molecule has 0 bridgehead atoms. The van der Waals surface area contributed by atoms with Crippen molar-refractivity contribution in [1.29, 1.82) is 0 Å². The second-order valence-corrected chi connectivity index (χ2v) is 5.91. The van der Waals surface area contributed by atoms with Crippen molar-refractivity contribution in [1.82, 2.24) is 15.5 Å². The molecule has 17 heavy (non-hydrogen) atoms. The third-order valence-electron chi connectivity index (χ3n) is 3.20. The van der Waals surface area contributed by atoms with E-state index in [0.29, 0.717) is 12.0 Å². The van der Waals surface area contributed by atoms with Crippen LogP contribution in [0.15, 0.2) is 0 Å². The first-order valence-corrected chi connectivity index (χ1v) is 6.38. The SMILES string of the molecule is CC(C)(C)OC(=O)N1CC(C2CNCCN2)C1. The summed E-state index contributed by atoms with van der Waals surface area (Å²) in [5, 5.41) is 6.86. The van der Waals surface area contributed by atoms with Gasteiger partial charge < -0.3 is 20.3 Å². The number of ether oxygens (including phenoxy) is 1. The minimum atomic E-state index is -0.396. The molecule has 5 nitrogen and oxygen atoms in total. The van der Waals surface area contributed by atoms with E-state index in [0.717, 1.165) is 32.7 Å². The van der Waals surface area contributed by atoms with Crippen LogP contribution in [-0.2, 0) is 4.74 Å². The second kappa shape index (κ2) is 4.82. The van der Waals surface area contributed by atoms with Crippen LogP contribution in [0.4, 0.5) is 4.79 Å². The fourth-order valence-electron chi connectivity index (χ4n) is 2.25. The van der Waals surface area contributed by atoms with Gasteiger partial charge in [-0.25, -0.2) is 4.79 Å². The van der Waals surface area contributed by atoms with Gasteiger partial charge in [-0.1, -0.05) is 0 Å². The van der Waals surface area contributed by atoms with Gasteiger partial charge in [-0.3, -0.25) is 0 Å². The highest BCUT2D eigenvalue weighted by Crippen LogP contribution is 2.22. The molecule has 2 heterocycles. The fourth-order valence-corrected chi connectivity index (χ4v) is 2.25. The number of likely N-dealkylation sites (tertiary alicyclic amines) is 1. The van der Waals surface area contributed by atoms with Crippen LogP contribution in [0.3, 0.4) is 0 Å². The van der Waals surface area contributed by atoms with Crippen LogP contribution in [0.5, 0.6) is 0 Å². The van der Waals surface area contributed by atoms with Crippen molar-refractivity contribution in [2.75, 3.05) is 32.7 Å². The van der Waals surface area contributed by atoms with E-state index in [2.05, 4.69) is 10.6 Å². The average molecular weight is 241 g/mol. The third kappa shape index (κ3) is 3.33. The summed E-state index contributed by atoms with van der Waals surface area (Å²) in [6.45, 7) is 10.4. The number of carbonyl (C=O) groups is 1. The first-order chi connectivity index (χ1) is 7.96. The number of nitrogens with zero attached hydrogens (tertiary/aromatic N) is 1. The fraction of sp³-hybridized carbons (Fsp3) is 0.917. The molecule has 0 aliphatic carbocycles. The third-order valence-corrected chi connectivity index (χ3v) is 3.20. The molecule has 2 fully saturated rings. The quantitative estimate of drug-likeness (QED) is 0.698. The molecule has 0 saturated carbocycles. The molecule has 0 aromatic carbocycles. The van der Waals surface area contributed by atoms with E-state index in [4.69, 9.17) is 4.74 Å². The molecule has 1 atom stereocenters. The molecular weight excluding hydrogens is 218 g/mol. The standard InChI is InChI=1S/C12H23N3O2/c1-12(2,3)17-11(16)15-7-9(8-15)10-6-13-4-5-14-10/h9-10,13-14H,4-8H2,1-3H3. The summed E-state index contributed by atoms with van der Waals surface area (Å²) in [6.07, 6.45) is -0.183. The van der Waals surface area contributed by atoms with E-state index in [-0.39, 0.29) is 6.09 Å². The maximum atomic E-state index is 11.7. The minimum absolute atomic E-state index is 0.183. The molecule has 0 spiro atoms. The van der Waals surface area contributed by atoms with Crippen molar-refractivity contribution in [2.24, 2.45) is 5.92 Å². The highest BCUT2D eigenvalue weighted by Gasteiger charge is 2.38. The highest BCUT2D eigenvalue weighted by molar-refractivity contribution is 5.69. The van der Waals surface area contributed by atoms with Crippen LogP contribution in [0.2, 0.25) is 0 Å². The monoisotopic (exact) mass is 241 g/mol. The molecule has 98 valence electrons. The van der Waals surface area contributed by atoms with Crippen LogP contribution in [0.25, 0.3) is 0 Å². The lowest BCUT2D eigenvalue weighted by Gasteiger charge is -2.44. The zero-order chi connectivity index (χ0) is 12.5. The number of hydrogen-bond acceptors (Lipinski definition) is 4. The zero-order valence-electron chi connectivity index (χ0n) is 11.0. The van der Waals surface area contributed by atoms with E-state index < -0.39 is 5.60 Å². The molecule has 0 radical (unpaired) electrons. The predicted octanol–water partition coefficient (Wildman–Crippen LogP) is 0.415. The molecule has 2 rings (SSSR count). The lowest BCUT2D eigenvalue weighted by molar-refractivity contribution is -0.00751.